The molecule has 4 bridgehead atoms. The molecule has 8 heteroatoms. The van der Waals surface area contributed by atoms with E-state index >= 15 is 0 Å². The third kappa shape index (κ3) is 3.73. The second kappa shape index (κ2) is 9.26. The van der Waals surface area contributed by atoms with Gasteiger partial charge in [0, 0.05) is 41.2 Å². The first kappa shape index (κ1) is 28.4. The van der Waals surface area contributed by atoms with Gasteiger partial charge in [-0.2, -0.15) is 0 Å². The van der Waals surface area contributed by atoms with Gasteiger partial charge in [0.25, 0.3) is 0 Å². The number of ketones is 1. The molecule has 4 aliphatic rings. The molecule has 0 aromatic carbocycles. The lowest BCUT2D eigenvalue weighted by atomic mass is 9.63. The maximum atomic E-state index is 13.7. The first-order chi connectivity index (χ1) is 17.1. The van der Waals surface area contributed by atoms with Crippen molar-refractivity contribution in [2.75, 3.05) is 0 Å². The fourth-order valence-corrected chi connectivity index (χ4v) is 7.15. The molecule has 0 unspecified atom stereocenters. The summed E-state index contributed by atoms with van der Waals surface area (Å²) in [5.41, 5.74) is 0.854. The highest BCUT2D eigenvalue weighted by atomic mass is 16.9. The second-order valence-electron chi connectivity index (χ2n) is 11.7. The van der Waals surface area contributed by atoms with E-state index in [0.29, 0.717) is 35.5 Å². The van der Waals surface area contributed by atoms with Gasteiger partial charge in [-0.1, -0.05) is 48.5 Å². The van der Waals surface area contributed by atoms with Crippen LogP contribution in [0.2, 0.25) is 0 Å². The van der Waals surface area contributed by atoms with E-state index in [2.05, 4.69) is 0 Å². The molecule has 0 radical (unpaired) electrons. The zero-order chi connectivity index (χ0) is 27.8. The molecule has 11 atom stereocenters. The fourth-order valence-electron chi connectivity index (χ4n) is 7.15. The van der Waals surface area contributed by atoms with E-state index in [4.69, 9.17) is 18.6 Å². The molecule has 1 aromatic heterocycles. The Morgan fingerprint density at radius 2 is 1.65 bits per heavy atom. The molecule has 4 aliphatic heterocycles. The summed E-state index contributed by atoms with van der Waals surface area (Å²) < 4.78 is 25.5. The van der Waals surface area contributed by atoms with Gasteiger partial charge in [-0.25, -0.2) is 0 Å². The molecule has 5 heterocycles. The molecule has 0 spiro atoms. The number of ether oxygens (including phenoxy) is 3. The molecule has 0 aliphatic carbocycles. The number of Topliss-reactive ketones (excluding diaryl/α,β-unsaturated/α-hetero) is 1. The van der Waals surface area contributed by atoms with Crippen molar-refractivity contribution < 1.29 is 33.6 Å². The molecule has 4 saturated heterocycles. The SMILES string of the molecule is CCc1oc([C@@H](C)C(=O)[C@H](C)[C@H](O)[C@H](C)[C@@]23O[C@H]4[C@@H](C)[C@@](O)(O[C@@](CC)(O2)[C@H]4C)[C@@H]3C)c(C)c(=O)c1C. The van der Waals surface area contributed by atoms with Crippen LogP contribution in [0.4, 0.5) is 0 Å². The van der Waals surface area contributed by atoms with Gasteiger partial charge in [-0.05, 0) is 27.2 Å². The lowest BCUT2D eigenvalue weighted by Crippen LogP contribution is -2.83. The maximum Gasteiger partial charge on any atom is 0.191 e. The van der Waals surface area contributed by atoms with Gasteiger partial charge < -0.3 is 28.8 Å². The zero-order valence-corrected chi connectivity index (χ0v) is 23.9. The Morgan fingerprint density at radius 1 is 1.03 bits per heavy atom. The maximum absolute atomic E-state index is 13.7. The predicted molar refractivity (Wildman–Crippen MR) is 137 cm³/mol. The molecule has 4 fully saturated rings. The summed E-state index contributed by atoms with van der Waals surface area (Å²) >= 11 is 0. The third-order valence-electron chi connectivity index (χ3n) is 9.99. The summed E-state index contributed by atoms with van der Waals surface area (Å²) in [4.78, 5) is 26.4. The van der Waals surface area contributed by atoms with Crippen LogP contribution in [0.25, 0.3) is 0 Å². The topological polar surface area (TPSA) is 115 Å². The minimum atomic E-state index is -1.48. The zero-order valence-electron chi connectivity index (χ0n) is 23.9. The summed E-state index contributed by atoms with van der Waals surface area (Å²) in [5, 5.41) is 23.3. The quantitative estimate of drug-likeness (QED) is 0.529. The number of aliphatic hydroxyl groups excluding tert-OH is 1. The molecule has 1 aromatic rings. The van der Waals surface area contributed by atoms with Crippen LogP contribution in [-0.4, -0.2) is 45.6 Å². The van der Waals surface area contributed by atoms with Crippen LogP contribution in [0.3, 0.4) is 0 Å². The second-order valence-corrected chi connectivity index (χ2v) is 11.7. The summed E-state index contributed by atoms with van der Waals surface area (Å²) in [7, 11) is 0. The highest BCUT2D eigenvalue weighted by Gasteiger charge is 2.77. The molecule has 0 amide bonds. The van der Waals surface area contributed by atoms with E-state index in [-0.39, 0.29) is 29.2 Å². The van der Waals surface area contributed by atoms with Crippen LogP contribution in [0, 0.1) is 43.4 Å². The van der Waals surface area contributed by atoms with E-state index in [0.717, 1.165) is 0 Å². The van der Waals surface area contributed by atoms with Crippen LogP contribution in [-0.2, 0) is 25.4 Å². The van der Waals surface area contributed by atoms with Crippen molar-refractivity contribution in [2.45, 2.75) is 118 Å². The Balaban J connectivity index is 1.65. The first-order valence-electron chi connectivity index (χ1n) is 13.8. The normalized spacial score (nSPS) is 39.9. The Hall–Kier alpha value is -1.58. The van der Waals surface area contributed by atoms with Gasteiger partial charge in [-0.3, -0.25) is 9.59 Å². The van der Waals surface area contributed by atoms with E-state index in [1.165, 1.54) is 0 Å². The number of aryl methyl sites for hydroxylation is 1. The monoisotopic (exact) mass is 520 g/mol. The lowest BCUT2D eigenvalue weighted by molar-refractivity contribution is -0.593. The average Bonchev–Trinajstić information content (AvgIpc) is 2.88. The van der Waals surface area contributed by atoms with Gasteiger partial charge in [0.1, 0.15) is 17.3 Å². The van der Waals surface area contributed by atoms with Crippen molar-refractivity contribution in [1.29, 1.82) is 0 Å². The van der Waals surface area contributed by atoms with Crippen LogP contribution < -0.4 is 5.43 Å². The highest BCUT2D eigenvalue weighted by Crippen LogP contribution is 2.64. The van der Waals surface area contributed by atoms with Crippen LogP contribution in [0.5, 0.6) is 0 Å². The summed E-state index contributed by atoms with van der Waals surface area (Å²) in [6.07, 6.45) is -0.404. The first-order valence-corrected chi connectivity index (χ1v) is 13.8. The third-order valence-corrected chi connectivity index (χ3v) is 9.99. The number of carbonyl (C=O) groups is 1. The predicted octanol–water partition coefficient (Wildman–Crippen LogP) is 3.98. The van der Waals surface area contributed by atoms with Crippen LogP contribution >= 0.6 is 0 Å². The van der Waals surface area contributed by atoms with E-state index < -0.39 is 47.1 Å². The van der Waals surface area contributed by atoms with Gasteiger partial charge in [0.05, 0.1) is 24.0 Å². The van der Waals surface area contributed by atoms with Crippen molar-refractivity contribution in [3.63, 3.8) is 0 Å². The molecule has 0 saturated carbocycles. The van der Waals surface area contributed by atoms with Crippen LogP contribution in [0.15, 0.2) is 9.21 Å². The van der Waals surface area contributed by atoms with Crippen molar-refractivity contribution in [1.82, 2.24) is 0 Å². The lowest BCUT2D eigenvalue weighted by Gasteiger charge is -2.72. The largest absolute Gasteiger partial charge is 0.465 e. The number of aliphatic hydroxyl groups is 2. The molecule has 8 nitrogen and oxygen atoms in total. The highest BCUT2D eigenvalue weighted by molar-refractivity contribution is 5.87. The molecule has 2 N–H and O–H groups in total. The molecule has 5 rings (SSSR count). The Labute approximate surface area is 219 Å². The van der Waals surface area contributed by atoms with Crippen molar-refractivity contribution in [2.24, 2.45) is 29.6 Å². The van der Waals surface area contributed by atoms with Crippen molar-refractivity contribution >= 4 is 5.78 Å². The molecular formula is C29H44O8. The van der Waals surface area contributed by atoms with Gasteiger partial charge in [-0.15, -0.1) is 0 Å². The number of hydrogen-bond acceptors (Lipinski definition) is 8. The minimum absolute atomic E-state index is 0.114. The molecule has 37 heavy (non-hydrogen) atoms. The Morgan fingerprint density at radius 3 is 2.22 bits per heavy atom. The average molecular weight is 521 g/mol. The van der Waals surface area contributed by atoms with Crippen molar-refractivity contribution in [3.8, 4) is 0 Å². The summed E-state index contributed by atoms with van der Waals surface area (Å²) in [6, 6.07) is 0. The smallest absolute Gasteiger partial charge is 0.191 e. The fraction of sp³-hybridized carbons (Fsp3) is 0.793. The van der Waals surface area contributed by atoms with Gasteiger partial charge in [0.15, 0.2) is 22.8 Å². The summed E-state index contributed by atoms with van der Waals surface area (Å²) in [5.74, 6) is -6.36. The summed E-state index contributed by atoms with van der Waals surface area (Å²) in [6.45, 7) is 18.2. The standard InChI is InChI=1S/C29H44O8/c1-11-21-13(3)22(30)15(5)25(34-21)16(6)23(31)14(4)24(32)17(7)29-20(10)28(33)19(9)26(35-29)18(8)27(12-2,36-28)37-29/h14,16-20,24,26,32-33H,11-12H2,1-10H3/t14-,16-,17-,18-,19+,20-,24-,26+,27-,28+,29+/m0/s1. The Bertz CT molecular complexity index is 1120. The van der Waals surface area contributed by atoms with Crippen LogP contribution in [0.1, 0.15) is 90.4 Å². The van der Waals surface area contributed by atoms with Crippen molar-refractivity contribution in [3.05, 3.63) is 32.9 Å². The van der Waals surface area contributed by atoms with Gasteiger partial charge in [0.2, 0.25) is 0 Å². The van der Waals surface area contributed by atoms with Gasteiger partial charge >= 0.3 is 0 Å². The van der Waals surface area contributed by atoms with E-state index in [9.17, 15) is 19.8 Å². The number of rotatable bonds is 8. The number of carbonyl (C=O) groups excluding carboxylic acids is 1. The number of hydrogen-bond donors (Lipinski definition) is 2. The Kier molecular flexibility index (Phi) is 7.12. The molecular weight excluding hydrogens is 476 g/mol. The van der Waals surface area contributed by atoms with E-state index in [1.54, 1.807) is 34.6 Å². The molecule has 208 valence electrons. The minimum Gasteiger partial charge on any atom is -0.465 e. The van der Waals surface area contributed by atoms with E-state index in [1.807, 2.05) is 34.6 Å².